The second-order valence-corrected chi connectivity index (χ2v) is 5.54. The number of carbonyl (C=O) groups is 1. The maximum atomic E-state index is 12.3. The van der Waals surface area contributed by atoms with Gasteiger partial charge in [0.25, 0.3) is 0 Å². The number of anilines is 1. The zero-order valence-corrected chi connectivity index (χ0v) is 12.8. The molecule has 0 saturated carbocycles. The van der Waals surface area contributed by atoms with Gasteiger partial charge in [0, 0.05) is 10.7 Å². The molecule has 0 aromatic heterocycles. The Kier molecular flexibility index (Phi) is 5.65. The summed E-state index contributed by atoms with van der Waals surface area (Å²) in [7, 11) is 0. The molecule has 1 fully saturated rings. The molecular weight excluding hydrogens is 283 g/mol. The fraction of sp³-hybridized carbons (Fsp3) is 0.500. The number of rotatable bonds is 2. The number of hydrogen-bond donors (Lipinski definition) is 2. The first-order valence-corrected chi connectivity index (χ1v) is 6.72. The molecule has 1 aromatic rings. The van der Waals surface area contributed by atoms with Gasteiger partial charge in [0.2, 0.25) is 5.91 Å². The average Bonchev–Trinajstić information content (AvgIpc) is 2.35. The molecule has 0 radical (unpaired) electrons. The van der Waals surface area contributed by atoms with Crippen LogP contribution in [0.4, 0.5) is 5.69 Å². The highest BCUT2D eigenvalue weighted by atomic mass is 35.5. The van der Waals surface area contributed by atoms with Gasteiger partial charge < -0.3 is 10.6 Å². The van der Waals surface area contributed by atoms with E-state index >= 15 is 0 Å². The molecule has 2 N–H and O–H groups in total. The predicted molar refractivity (Wildman–Crippen MR) is 82.3 cm³/mol. The predicted octanol–water partition coefficient (Wildman–Crippen LogP) is 3.54. The molecule has 106 valence electrons. The van der Waals surface area contributed by atoms with Crippen molar-refractivity contribution in [1.29, 1.82) is 0 Å². The molecule has 1 aromatic carbocycles. The molecule has 1 atom stereocenters. The van der Waals surface area contributed by atoms with Gasteiger partial charge in [-0.15, -0.1) is 12.4 Å². The number of nitrogens with one attached hydrogen (secondary N) is 2. The molecule has 5 heteroatoms. The van der Waals surface area contributed by atoms with Gasteiger partial charge >= 0.3 is 0 Å². The monoisotopic (exact) mass is 302 g/mol. The van der Waals surface area contributed by atoms with Crippen LogP contribution in [0.5, 0.6) is 0 Å². The molecule has 2 rings (SSSR count). The summed E-state index contributed by atoms with van der Waals surface area (Å²) in [4.78, 5) is 12.3. The zero-order chi connectivity index (χ0) is 13.2. The quantitative estimate of drug-likeness (QED) is 0.877. The Morgan fingerprint density at radius 1 is 1.42 bits per heavy atom. The molecule has 1 saturated heterocycles. The lowest BCUT2D eigenvalue weighted by molar-refractivity contribution is -0.122. The van der Waals surface area contributed by atoms with Gasteiger partial charge in [0.1, 0.15) is 0 Å². The lowest BCUT2D eigenvalue weighted by atomic mass is 9.90. The zero-order valence-electron chi connectivity index (χ0n) is 11.3. The van der Waals surface area contributed by atoms with Gasteiger partial charge in [-0.05, 0) is 57.4 Å². The lowest BCUT2D eigenvalue weighted by Crippen LogP contribution is -2.54. The van der Waals surface area contributed by atoms with Crippen molar-refractivity contribution in [2.45, 2.75) is 38.6 Å². The molecule has 0 spiro atoms. The molecular formula is C14H20Cl2N2O. The molecule has 0 aliphatic carbocycles. The molecule has 1 amide bonds. The highest BCUT2D eigenvalue weighted by Crippen LogP contribution is 2.23. The van der Waals surface area contributed by atoms with Crippen LogP contribution in [0.25, 0.3) is 0 Å². The van der Waals surface area contributed by atoms with Crippen LogP contribution in [0.3, 0.4) is 0 Å². The van der Waals surface area contributed by atoms with Crippen molar-refractivity contribution in [3.05, 3.63) is 28.8 Å². The molecule has 1 aliphatic heterocycles. The van der Waals surface area contributed by atoms with Crippen molar-refractivity contribution in [3.63, 3.8) is 0 Å². The van der Waals surface area contributed by atoms with E-state index in [9.17, 15) is 4.79 Å². The number of piperidine rings is 1. The summed E-state index contributed by atoms with van der Waals surface area (Å²) in [5.74, 6) is 0.0159. The topological polar surface area (TPSA) is 41.1 Å². The van der Waals surface area contributed by atoms with E-state index in [4.69, 9.17) is 11.6 Å². The summed E-state index contributed by atoms with van der Waals surface area (Å²) >= 11 is 6.05. The first kappa shape index (κ1) is 16.3. The van der Waals surface area contributed by atoms with E-state index in [1.807, 2.05) is 26.0 Å². The molecule has 19 heavy (non-hydrogen) atoms. The first-order chi connectivity index (χ1) is 8.51. The van der Waals surface area contributed by atoms with Crippen LogP contribution in [0.2, 0.25) is 5.02 Å². The molecule has 1 unspecified atom stereocenters. The summed E-state index contributed by atoms with van der Waals surface area (Å²) in [5.41, 5.74) is 1.30. The Labute approximate surface area is 125 Å². The molecule has 0 bridgehead atoms. The highest BCUT2D eigenvalue weighted by molar-refractivity contribution is 6.31. The fourth-order valence-electron chi connectivity index (χ4n) is 2.19. The van der Waals surface area contributed by atoms with Crippen molar-refractivity contribution in [2.75, 3.05) is 11.9 Å². The van der Waals surface area contributed by atoms with Crippen molar-refractivity contribution in [3.8, 4) is 0 Å². The van der Waals surface area contributed by atoms with E-state index in [1.54, 1.807) is 6.07 Å². The maximum absolute atomic E-state index is 12.3. The van der Waals surface area contributed by atoms with E-state index in [0.29, 0.717) is 5.02 Å². The van der Waals surface area contributed by atoms with Crippen LogP contribution in [-0.2, 0) is 4.79 Å². The summed E-state index contributed by atoms with van der Waals surface area (Å²) in [6, 6.07) is 5.58. The van der Waals surface area contributed by atoms with Gasteiger partial charge in [0.05, 0.1) is 5.54 Å². The molecule has 3 nitrogen and oxygen atoms in total. The number of benzene rings is 1. The van der Waals surface area contributed by atoms with E-state index in [1.165, 1.54) is 0 Å². The van der Waals surface area contributed by atoms with Gasteiger partial charge in [-0.25, -0.2) is 0 Å². The minimum absolute atomic E-state index is 0. The minimum Gasteiger partial charge on any atom is -0.324 e. The first-order valence-electron chi connectivity index (χ1n) is 6.34. The van der Waals surface area contributed by atoms with E-state index in [0.717, 1.165) is 37.1 Å². The van der Waals surface area contributed by atoms with Crippen molar-refractivity contribution in [1.82, 2.24) is 5.32 Å². The highest BCUT2D eigenvalue weighted by Gasteiger charge is 2.34. The van der Waals surface area contributed by atoms with Crippen LogP contribution >= 0.6 is 24.0 Å². The Morgan fingerprint density at radius 3 is 2.74 bits per heavy atom. The maximum Gasteiger partial charge on any atom is 0.244 e. The van der Waals surface area contributed by atoms with Crippen LogP contribution < -0.4 is 10.6 Å². The summed E-state index contributed by atoms with van der Waals surface area (Å²) in [6.45, 7) is 4.80. The Morgan fingerprint density at radius 2 is 2.16 bits per heavy atom. The van der Waals surface area contributed by atoms with Crippen molar-refractivity contribution < 1.29 is 4.79 Å². The van der Waals surface area contributed by atoms with Crippen LogP contribution in [-0.4, -0.2) is 18.0 Å². The van der Waals surface area contributed by atoms with Crippen LogP contribution in [0, 0.1) is 6.92 Å². The number of halogens is 2. The van der Waals surface area contributed by atoms with Crippen molar-refractivity contribution >= 4 is 35.6 Å². The SMILES string of the molecule is Cc1ccc(NC(=O)C2(C)CCCCN2)cc1Cl.Cl. The number of aryl methyl sites for hydroxylation is 1. The average molecular weight is 303 g/mol. The normalized spacial score (nSPS) is 22.5. The number of carbonyl (C=O) groups excluding carboxylic acids is 1. The molecule has 1 heterocycles. The van der Waals surface area contributed by atoms with Crippen molar-refractivity contribution in [2.24, 2.45) is 0 Å². The molecule has 1 aliphatic rings. The second kappa shape index (κ2) is 6.60. The summed E-state index contributed by atoms with van der Waals surface area (Å²) in [6.07, 6.45) is 3.10. The second-order valence-electron chi connectivity index (χ2n) is 5.13. The van der Waals surface area contributed by atoms with Gasteiger partial charge in [0.15, 0.2) is 0 Å². The Balaban J connectivity index is 0.00000180. The number of hydrogen-bond acceptors (Lipinski definition) is 2. The minimum atomic E-state index is -0.463. The smallest absolute Gasteiger partial charge is 0.244 e. The Bertz CT molecular complexity index is 457. The van der Waals surface area contributed by atoms with Crippen LogP contribution in [0.15, 0.2) is 18.2 Å². The standard InChI is InChI=1S/C14H19ClN2O.ClH/c1-10-5-6-11(9-12(10)15)17-13(18)14(2)7-3-4-8-16-14;/h5-6,9,16H,3-4,7-8H2,1-2H3,(H,17,18);1H. The van der Waals surface area contributed by atoms with Gasteiger partial charge in [-0.3, -0.25) is 4.79 Å². The third kappa shape index (κ3) is 3.85. The third-order valence-corrected chi connectivity index (χ3v) is 3.96. The summed E-state index contributed by atoms with van der Waals surface area (Å²) in [5, 5.41) is 6.91. The largest absolute Gasteiger partial charge is 0.324 e. The van der Waals surface area contributed by atoms with E-state index in [-0.39, 0.29) is 18.3 Å². The fourth-order valence-corrected chi connectivity index (χ4v) is 2.37. The van der Waals surface area contributed by atoms with Gasteiger partial charge in [-0.2, -0.15) is 0 Å². The van der Waals surface area contributed by atoms with E-state index in [2.05, 4.69) is 10.6 Å². The lowest BCUT2D eigenvalue weighted by Gasteiger charge is -2.33. The van der Waals surface area contributed by atoms with E-state index < -0.39 is 5.54 Å². The third-order valence-electron chi connectivity index (χ3n) is 3.55. The number of amides is 1. The summed E-state index contributed by atoms with van der Waals surface area (Å²) < 4.78 is 0. The van der Waals surface area contributed by atoms with Crippen LogP contribution in [0.1, 0.15) is 31.7 Å². The van der Waals surface area contributed by atoms with Gasteiger partial charge in [-0.1, -0.05) is 17.7 Å². The Hall–Kier alpha value is -0.770.